The number of furan rings is 1. The number of carbonyl (C=O) groups excluding carboxylic acids is 1. The Morgan fingerprint density at radius 2 is 2.21 bits per heavy atom. The topological polar surface area (TPSA) is 39.4 Å². The molecular weight excluding hydrogens is 180 g/mol. The molecule has 1 aromatic carbocycles. The average molecular weight is 190 g/mol. The molecule has 0 saturated carbocycles. The third-order valence-corrected chi connectivity index (χ3v) is 2.29. The summed E-state index contributed by atoms with van der Waals surface area (Å²) in [6, 6.07) is 5.59. The lowest BCUT2D eigenvalue weighted by molar-refractivity contribution is 0.110. The molecule has 0 N–H and O–H groups in total. The fraction of sp³-hybridized carbons (Fsp3) is 0.182. The van der Waals surface area contributed by atoms with E-state index in [9.17, 15) is 4.79 Å². The molecule has 0 aliphatic carbocycles. The fourth-order valence-corrected chi connectivity index (χ4v) is 1.51. The highest BCUT2D eigenvalue weighted by molar-refractivity contribution is 5.92. The minimum atomic E-state index is 0.365. The number of carbonyl (C=O) groups is 1. The van der Waals surface area contributed by atoms with Gasteiger partial charge in [-0.3, -0.25) is 4.79 Å². The average Bonchev–Trinajstić information content (AvgIpc) is 2.55. The molecular formula is C11H10O3. The Balaban J connectivity index is 2.83. The van der Waals surface area contributed by atoms with Crippen LogP contribution in [0.15, 0.2) is 22.6 Å². The monoisotopic (exact) mass is 190 g/mol. The van der Waals surface area contributed by atoms with Crippen LogP contribution in [0.1, 0.15) is 16.1 Å². The summed E-state index contributed by atoms with van der Waals surface area (Å²) in [7, 11) is 1.58. The van der Waals surface area contributed by atoms with E-state index < -0.39 is 0 Å². The van der Waals surface area contributed by atoms with Crippen LogP contribution in [0.2, 0.25) is 0 Å². The summed E-state index contributed by atoms with van der Waals surface area (Å²) in [5, 5.41) is 0.923. The van der Waals surface area contributed by atoms with Gasteiger partial charge in [-0.05, 0) is 13.0 Å². The van der Waals surface area contributed by atoms with Crippen molar-refractivity contribution in [3.63, 3.8) is 0 Å². The number of aryl methyl sites for hydroxylation is 1. The van der Waals surface area contributed by atoms with Gasteiger partial charge >= 0.3 is 0 Å². The summed E-state index contributed by atoms with van der Waals surface area (Å²) in [4.78, 5) is 10.7. The second kappa shape index (κ2) is 3.18. The van der Waals surface area contributed by atoms with Crippen LogP contribution in [0.5, 0.6) is 5.75 Å². The molecule has 0 amide bonds. The molecule has 1 heterocycles. The van der Waals surface area contributed by atoms with Gasteiger partial charge in [-0.25, -0.2) is 0 Å². The Bertz CT molecular complexity index is 482. The maximum atomic E-state index is 10.7. The SMILES string of the molecule is COc1cccc2c(C)c(C=O)oc12. The molecule has 2 rings (SSSR count). The van der Waals surface area contributed by atoms with Crippen LogP contribution in [-0.4, -0.2) is 13.4 Å². The molecule has 0 fully saturated rings. The van der Waals surface area contributed by atoms with Crippen LogP contribution in [0.4, 0.5) is 0 Å². The van der Waals surface area contributed by atoms with Crippen LogP contribution < -0.4 is 4.74 Å². The van der Waals surface area contributed by atoms with E-state index in [-0.39, 0.29) is 0 Å². The second-order valence-corrected chi connectivity index (χ2v) is 3.05. The highest BCUT2D eigenvalue weighted by atomic mass is 16.5. The Hall–Kier alpha value is -1.77. The Morgan fingerprint density at radius 1 is 1.43 bits per heavy atom. The molecule has 0 aliphatic rings. The quantitative estimate of drug-likeness (QED) is 0.683. The van der Waals surface area contributed by atoms with E-state index >= 15 is 0 Å². The standard InChI is InChI=1S/C11H10O3/c1-7-8-4-3-5-9(13-2)11(8)14-10(7)6-12/h3-6H,1-2H3. The summed E-state index contributed by atoms with van der Waals surface area (Å²) in [5.74, 6) is 1.02. The van der Waals surface area contributed by atoms with E-state index in [1.807, 2.05) is 19.1 Å². The van der Waals surface area contributed by atoms with Crippen molar-refractivity contribution in [2.24, 2.45) is 0 Å². The molecule has 0 unspecified atom stereocenters. The number of benzene rings is 1. The number of methoxy groups -OCH3 is 1. The van der Waals surface area contributed by atoms with Gasteiger partial charge in [-0.2, -0.15) is 0 Å². The van der Waals surface area contributed by atoms with Gasteiger partial charge in [0.25, 0.3) is 0 Å². The maximum absolute atomic E-state index is 10.7. The molecule has 3 heteroatoms. The van der Waals surface area contributed by atoms with Gasteiger partial charge < -0.3 is 9.15 Å². The molecule has 0 aliphatic heterocycles. The van der Waals surface area contributed by atoms with Crippen LogP contribution >= 0.6 is 0 Å². The summed E-state index contributed by atoms with van der Waals surface area (Å²) >= 11 is 0. The molecule has 0 saturated heterocycles. The van der Waals surface area contributed by atoms with Gasteiger partial charge in [-0.15, -0.1) is 0 Å². The first-order valence-electron chi connectivity index (χ1n) is 4.29. The third-order valence-electron chi connectivity index (χ3n) is 2.29. The normalized spacial score (nSPS) is 10.4. The van der Waals surface area contributed by atoms with Crippen molar-refractivity contribution in [2.45, 2.75) is 6.92 Å². The number of fused-ring (bicyclic) bond motifs is 1. The van der Waals surface area contributed by atoms with E-state index in [0.29, 0.717) is 17.1 Å². The van der Waals surface area contributed by atoms with Crippen molar-refractivity contribution >= 4 is 17.3 Å². The smallest absolute Gasteiger partial charge is 0.185 e. The van der Waals surface area contributed by atoms with Crippen molar-refractivity contribution in [1.29, 1.82) is 0 Å². The lowest BCUT2D eigenvalue weighted by Crippen LogP contribution is -1.81. The molecule has 0 atom stereocenters. The summed E-state index contributed by atoms with van der Waals surface area (Å²) < 4.78 is 10.5. The van der Waals surface area contributed by atoms with E-state index in [0.717, 1.165) is 17.2 Å². The van der Waals surface area contributed by atoms with Gasteiger partial charge in [0.1, 0.15) is 0 Å². The van der Waals surface area contributed by atoms with Crippen LogP contribution in [0, 0.1) is 6.92 Å². The van der Waals surface area contributed by atoms with Crippen molar-refractivity contribution in [3.05, 3.63) is 29.5 Å². The minimum Gasteiger partial charge on any atom is -0.493 e. The highest BCUT2D eigenvalue weighted by Gasteiger charge is 2.12. The summed E-state index contributed by atoms with van der Waals surface area (Å²) in [5.41, 5.74) is 1.49. The number of aldehydes is 1. The van der Waals surface area contributed by atoms with E-state index in [2.05, 4.69) is 0 Å². The summed E-state index contributed by atoms with van der Waals surface area (Å²) in [6.07, 6.45) is 0.717. The molecule has 2 aromatic rings. The zero-order chi connectivity index (χ0) is 10.1. The predicted octanol–water partition coefficient (Wildman–Crippen LogP) is 2.56. The highest BCUT2D eigenvalue weighted by Crippen LogP contribution is 2.31. The first kappa shape index (κ1) is 8.81. The molecule has 0 radical (unpaired) electrons. The number of hydrogen-bond donors (Lipinski definition) is 0. The third kappa shape index (κ3) is 1.09. The predicted molar refractivity (Wildman–Crippen MR) is 52.9 cm³/mol. The van der Waals surface area contributed by atoms with Gasteiger partial charge in [0.05, 0.1) is 7.11 Å². The van der Waals surface area contributed by atoms with Crippen LogP contribution in [-0.2, 0) is 0 Å². The molecule has 0 bridgehead atoms. The molecule has 0 spiro atoms. The van der Waals surface area contributed by atoms with Crippen LogP contribution in [0.3, 0.4) is 0 Å². The van der Waals surface area contributed by atoms with Crippen molar-refractivity contribution in [3.8, 4) is 5.75 Å². The van der Waals surface area contributed by atoms with Crippen molar-refractivity contribution in [1.82, 2.24) is 0 Å². The number of hydrogen-bond acceptors (Lipinski definition) is 3. The van der Waals surface area contributed by atoms with Crippen molar-refractivity contribution in [2.75, 3.05) is 7.11 Å². The zero-order valence-corrected chi connectivity index (χ0v) is 8.03. The van der Waals surface area contributed by atoms with Crippen molar-refractivity contribution < 1.29 is 13.9 Å². The fourth-order valence-electron chi connectivity index (χ4n) is 1.51. The Kier molecular flexibility index (Phi) is 2.00. The second-order valence-electron chi connectivity index (χ2n) is 3.05. The molecule has 72 valence electrons. The first-order valence-corrected chi connectivity index (χ1v) is 4.29. The minimum absolute atomic E-state index is 0.365. The van der Waals surface area contributed by atoms with E-state index in [4.69, 9.17) is 9.15 Å². The molecule has 3 nitrogen and oxygen atoms in total. The Labute approximate surface area is 81.3 Å². The number of para-hydroxylation sites is 1. The lowest BCUT2D eigenvalue weighted by Gasteiger charge is -1.98. The lowest BCUT2D eigenvalue weighted by atomic mass is 10.1. The van der Waals surface area contributed by atoms with Gasteiger partial charge in [-0.1, -0.05) is 12.1 Å². The Morgan fingerprint density at radius 3 is 2.86 bits per heavy atom. The number of rotatable bonds is 2. The van der Waals surface area contributed by atoms with E-state index in [1.54, 1.807) is 13.2 Å². The molecule has 1 aromatic heterocycles. The molecule has 14 heavy (non-hydrogen) atoms. The van der Waals surface area contributed by atoms with E-state index in [1.165, 1.54) is 0 Å². The zero-order valence-electron chi connectivity index (χ0n) is 8.03. The maximum Gasteiger partial charge on any atom is 0.185 e. The number of ether oxygens (including phenoxy) is 1. The van der Waals surface area contributed by atoms with Gasteiger partial charge in [0.15, 0.2) is 23.4 Å². The summed E-state index contributed by atoms with van der Waals surface area (Å²) in [6.45, 7) is 1.86. The van der Waals surface area contributed by atoms with Gasteiger partial charge in [0, 0.05) is 10.9 Å². The largest absolute Gasteiger partial charge is 0.493 e. The first-order chi connectivity index (χ1) is 6.77. The van der Waals surface area contributed by atoms with Gasteiger partial charge in [0.2, 0.25) is 0 Å². The van der Waals surface area contributed by atoms with Crippen LogP contribution in [0.25, 0.3) is 11.0 Å².